The predicted octanol–water partition coefficient (Wildman–Crippen LogP) is 5.40. The van der Waals surface area contributed by atoms with Crippen LogP contribution in [0, 0.1) is 30.1 Å². The van der Waals surface area contributed by atoms with Crippen molar-refractivity contribution in [2.24, 2.45) is 18.9 Å². The summed E-state index contributed by atoms with van der Waals surface area (Å²) >= 11 is 0. The molecule has 3 aromatic rings. The molecule has 1 saturated carbocycles. The summed E-state index contributed by atoms with van der Waals surface area (Å²) < 4.78 is 1.98. The summed E-state index contributed by atoms with van der Waals surface area (Å²) in [6, 6.07) is 22.8. The Balaban J connectivity index is 0.000000282. The van der Waals surface area contributed by atoms with E-state index in [1.807, 2.05) is 48.1 Å². The lowest BCUT2D eigenvalue weighted by molar-refractivity contribution is -0.126. The first-order chi connectivity index (χ1) is 14.9. The molecule has 158 valence electrons. The Morgan fingerprint density at radius 2 is 1.74 bits per heavy atom. The molecular weight excluding hydrogens is 382 g/mol. The molecule has 0 spiro atoms. The van der Waals surface area contributed by atoms with Gasteiger partial charge in [0.2, 0.25) is 0 Å². The van der Waals surface area contributed by atoms with Gasteiger partial charge in [-0.05, 0) is 32.1 Å². The lowest BCUT2D eigenvalue weighted by atomic mass is 9.57. The van der Waals surface area contributed by atoms with Crippen LogP contribution in [0.1, 0.15) is 43.0 Å². The summed E-state index contributed by atoms with van der Waals surface area (Å²) in [4.78, 5) is 12.2. The molecule has 0 aliphatic heterocycles. The Labute approximate surface area is 184 Å². The number of aryl methyl sites for hydroxylation is 2. The van der Waals surface area contributed by atoms with Crippen molar-refractivity contribution in [3.63, 3.8) is 0 Å². The van der Waals surface area contributed by atoms with E-state index in [1.165, 1.54) is 22.4 Å². The van der Waals surface area contributed by atoms with Crippen LogP contribution in [0.3, 0.4) is 0 Å². The van der Waals surface area contributed by atoms with Gasteiger partial charge in [-0.3, -0.25) is 9.48 Å². The lowest BCUT2D eigenvalue weighted by Crippen LogP contribution is -2.45. The first-order valence-electron chi connectivity index (χ1n) is 11.0. The average molecular weight is 412 g/mol. The minimum Gasteiger partial charge on any atom is -0.298 e. The van der Waals surface area contributed by atoms with E-state index < -0.39 is 5.92 Å². The fourth-order valence-electron chi connectivity index (χ4n) is 5.22. The number of Topliss-reactive ketones (excluding diaryl/α,β-unsaturated/α-hetero) is 1. The van der Waals surface area contributed by atoms with Gasteiger partial charge in [0.1, 0.15) is 11.7 Å². The normalized spacial score (nSPS) is 24.3. The van der Waals surface area contributed by atoms with Crippen LogP contribution in [0.5, 0.6) is 0 Å². The number of nitrogens with zero attached hydrogens (tertiary/aromatic N) is 3. The number of fused-ring (bicyclic) bond motifs is 3. The van der Waals surface area contributed by atoms with Crippen molar-refractivity contribution < 1.29 is 4.79 Å². The molecule has 3 unspecified atom stereocenters. The second-order valence-corrected chi connectivity index (χ2v) is 9.03. The third-order valence-electron chi connectivity index (χ3n) is 6.94. The zero-order chi connectivity index (χ0) is 22.0. The van der Waals surface area contributed by atoms with Crippen molar-refractivity contribution >= 4 is 5.78 Å². The van der Waals surface area contributed by atoms with Crippen LogP contribution in [0.25, 0.3) is 11.3 Å². The Kier molecular flexibility index (Phi) is 5.78. The fourth-order valence-corrected chi connectivity index (χ4v) is 5.22. The number of carbonyl (C=O) groups is 1. The van der Waals surface area contributed by atoms with E-state index in [0.29, 0.717) is 18.8 Å². The number of hydrogen-bond donors (Lipinski definition) is 0. The van der Waals surface area contributed by atoms with Crippen molar-refractivity contribution in [1.82, 2.24) is 9.78 Å². The summed E-state index contributed by atoms with van der Waals surface area (Å²) in [5.41, 5.74) is 5.91. The van der Waals surface area contributed by atoms with Gasteiger partial charge in [-0.1, -0.05) is 73.2 Å². The number of benzene rings is 2. The molecule has 2 aliphatic carbocycles. The van der Waals surface area contributed by atoms with Crippen LogP contribution in [0.4, 0.5) is 0 Å². The van der Waals surface area contributed by atoms with Gasteiger partial charge in [-0.15, -0.1) is 0 Å². The van der Waals surface area contributed by atoms with Gasteiger partial charge in [0.05, 0.1) is 17.5 Å². The van der Waals surface area contributed by atoms with E-state index >= 15 is 0 Å². The molecule has 2 aliphatic rings. The summed E-state index contributed by atoms with van der Waals surface area (Å²) in [7, 11) is 1.99. The van der Waals surface area contributed by atoms with Crippen molar-refractivity contribution in [2.45, 2.75) is 44.9 Å². The molecule has 5 rings (SSSR count). The zero-order valence-electron chi connectivity index (χ0n) is 18.5. The molecule has 0 saturated heterocycles. The number of ketones is 1. The van der Waals surface area contributed by atoms with Gasteiger partial charge in [0.15, 0.2) is 0 Å². The Morgan fingerprint density at radius 1 is 1.10 bits per heavy atom. The standard InChI is InChI=1S/C20H21N3O.C7H8/c1-20-11-14(12-21)17(24)10-15(20)8-9-16-18(23(2)22-19(16)20)13-6-4-3-5-7-13;1-7-5-3-2-4-6-7/h3-7,14-15H,8-11H2,1-2H3;2-6H,1H3. The monoisotopic (exact) mass is 411 g/mol. The predicted molar refractivity (Wildman–Crippen MR) is 122 cm³/mol. The maximum Gasteiger partial charge on any atom is 0.150 e. The number of hydrogen-bond acceptors (Lipinski definition) is 3. The minimum atomic E-state index is -0.487. The van der Waals surface area contributed by atoms with E-state index in [9.17, 15) is 10.1 Å². The Bertz CT molecular complexity index is 1110. The molecule has 31 heavy (non-hydrogen) atoms. The van der Waals surface area contributed by atoms with E-state index in [4.69, 9.17) is 5.10 Å². The number of carbonyl (C=O) groups excluding carboxylic acids is 1. The maximum atomic E-state index is 12.2. The smallest absolute Gasteiger partial charge is 0.150 e. The highest BCUT2D eigenvalue weighted by atomic mass is 16.1. The quantitative estimate of drug-likeness (QED) is 0.538. The first kappa shape index (κ1) is 21.1. The Hall–Kier alpha value is -3.19. The largest absolute Gasteiger partial charge is 0.298 e. The minimum absolute atomic E-state index is 0.114. The topological polar surface area (TPSA) is 58.7 Å². The van der Waals surface area contributed by atoms with Gasteiger partial charge in [0, 0.05) is 30.0 Å². The molecular formula is C27H29N3O. The van der Waals surface area contributed by atoms with Gasteiger partial charge >= 0.3 is 0 Å². The van der Waals surface area contributed by atoms with Gasteiger partial charge in [-0.25, -0.2) is 0 Å². The highest BCUT2D eigenvalue weighted by Crippen LogP contribution is 2.51. The summed E-state index contributed by atoms with van der Waals surface area (Å²) in [5, 5.41) is 14.2. The van der Waals surface area contributed by atoms with Gasteiger partial charge in [0.25, 0.3) is 0 Å². The van der Waals surface area contributed by atoms with E-state index in [0.717, 1.165) is 18.5 Å². The highest BCUT2D eigenvalue weighted by Gasteiger charge is 2.50. The van der Waals surface area contributed by atoms with E-state index in [1.54, 1.807) is 0 Å². The molecule has 4 nitrogen and oxygen atoms in total. The van der Waals surface area contributed by atoms with E-state index in [2.05, 4.69) is 44.2 Å². The fraction of sp³-hybridized carbons (Fsp3) is 0.370. The highest BCUT2D eigenvalue weighted by molar-refractivity contribution is 5.85. The van der Waals surface area contributed by atoms with Crippen molar-refractivity contribution in [3.8, 4) is 17.3 Å². The van der Waals surface area contributed by atoms with Crippen LogP contribution < -0.4 is 0 Å². The summed E-state index contributed by atoms with van der Waals surface area (Å²) in [6.07, 6.45) is 3.08. The second kappa shape index (κ2) is 8.51. The summed E-state index contributed by atoms with van der Waals surface area (Å²) in [5.74, 6) is -0.0670. The van der Waals surface area contributed by atoms with Crippen LogP contribution in [-0.2, 0) is 23.7 Å². The van der Waals surface area contributed by atoms with Crippen LogP contribution in [0.15, 0.2) is 60.7 Å². The molecule has 2 aromatic carbocycles. The van der Waals surface area contributed by atoms with Crippen molar-refractivity contribution in [2.75, 3.05) is 0 Å². The SMILES string of the molecule is Cc1ccccc1.Cn1nc2c(c1-c1ccccc1)CCC1CC(=O)C(C#N)CC21C. The molecule has 0 amide bonds. The van der Waals surface area contributed by atoms with Gasteiger partial charge in [-0.2, -0.15) is 10.4 Å². The first-order valence-corrected chi connectivity index (χ1v) is 11.0. The third kappa shape index (κ3) is 3.93. The third-order valence-corrected chi connectivity index (χ3v) is 6.94. The van der Waals surface area contributed by atoms with E-state index in [-0.39, 0.29) is 11.2 Å². The molecule has 1 fully saturated rings. The zero-order valence-corrected chi connectivity index (χ0v) is 18.5. The van der Waals surface area contributed by atoms with Crippen LogP contribution >= 0.6 is 0 Å². The molecule has 0 N–H and O–H groups in total. The van der Waals surface area contributed by atoms with Gasteiger partial charge < -0.3 is 0 Å². The average Bonchev–Trinajstić information content (AvgIpc) is 3.13. The number of nitriles is 1. The summed E-state index contributed by atoms with van der Waals surface area (Å²) in [6.45, 7) is 4.29. The maximum absolute atomic E-state index is 12.2. The molecule has 1 heterocycles. The number of rotatable bonds is 1. The second-order valence-electron chi connectivity index (χ2n) is 9.03. The Morgan fingerprint density at radius 3 is 2.32 bits per heavy atom. The van der Waals surface area contributed by atoms with Crippen molar-refractivity contribution in [1.29, 1.82) is 5.26 Å². The molecule has 1 aromatic heterocycles. The van der Waals surface area contributed by atoms with Crippen LogP contribution in [-0.4, -0.2) is 15.6 Å². The number of aromatic nitrogens is 2. The van der Waals surface area contributed by atoms with Crippen molar-refractivity contribution in [3.05, 3.63) is 77.5 Å². The lowest BCUT2D eigenvalue weighted by Gasteiger charge is -2.44. The van der Waals surface area contributed by atoms with Crippen LogP contribution in [0.2, 0.25) is 0 Å². The molecule has 0 radical (unpaired) electrons. The molecule has 3 atom stereocenters. The molecule has 0 bridgehead atoms. The molecule has 4 heteroatoms.